The standard InChI is InChI=1S/C11H18N4O3/c1-3-15-8(12)7(9(16)13-10(15)17)14-5-4-11(2,18)6-14/h18H,3-6,12H2,1-2H3,(H,13,16,17). The maximum absolute atomic E-state index is 11.9. The van der Waals surface area contributed by atoms with Crippen LogP contribution in [0.3, 0.4) is 0 Å². The van der Waals surface area contributed by atoms with Gasteiger partial charge in [0, 0.05) is 19.6 Å². The van der Waals surface area contributed by atoms with Gasteiger partial charge in [0.1, 0.15) is 11.5 Å². The SMILES string of the molecule is CCn1c(N)c(N2CCC(C)(O)C2)c(=O)[nH]c1=O. The summed E-state index contributed by atoms with van der Waals surface area (Å²) in [6.07, 6.45) is 0.567. The third kappa shape index (κ3) is 2.01. The lowest BCUT2D eigenvalue weighted by Gasteiger charge is -2.22. The van der Waals surface area contributed by atoms with Crippen molar-refractivity contribution < 1.29 is 5.11 Å². The van der Waals surface area contributed by atoms with Gasteiger partial charge in [-0.2, -0.15) is 0 Å². The van der Waals surface area contributed by atoms with E-state index in [0.717, 1.165) is 0 Å². The van der Waals surface area contributed by atoms with Crippen LogP contribution in [0.1, 0.15) is 20.3 Å². The number of anilines is 2. The number of β-amino-alcohol motifs (C(OH)–C–C–N with tert-alkyl or cyclic N) is 1. The second-order valence-corrected chi connectivity index (χ2v) is 4.91. The summed E-state index contributed by atoms with van der Waals surface area (Å²) in [5, 5.41) is 9.93. The van der Waals surface area contributed by atoms with Crippen LogP contribution in [0.5, 0.6) is 0 Å². The zero-order valence-corrected chi connectivity index (χ0v) is 10.6. The molecule has 1 aliphatic heterocycles. The minimum absolute atomic E-state index is 0.156. The molecule has 1 saturated heterocycles. The van der Waals surface area contributed by atoms with Crippen molar-refractivity contribution in [2.75, 3.05) is 23.7 Å². The summed E-state index contributed by atoms with van der Waals surface area (Å²) in [7, 11) is 0. The number of H-pyrrole nitrogens is 1. The van der Waals surface area contributed by atoms with Gasteiger partial charge >= 0.3 is 5.69 Å². The molecule has 0 saturated carbocycles. The molecule has 1 aliphatic rings. The molecule has 0 aliphatic carbocycles. The number of nitrogens with one attached hydrogen (secondary N) is 1. The third-order valence-electron chi connectivity index (χ3n) is 3.30. The molecule has 2 heterocycles. The Kier molecular flexibility index (Phi) is 2.94. The van der Waals surface area contributed by atoms with Crippen molar-refractivity contribution in [3.05, 3.63) is 20.8 Å². The van der Waals surface area contributed by atoms with Crippen LogP contribution in [0.4, 0.5) is 11.5 Å². The Balaban J connectivity index is 2.52. The second-order valence-electron chi connectivity index (χ2n) is 4.91. The molecule has 0 amide bonds. The lowest BCUT2D eigenvalue weighted by Crippen LogP contribution is -2.39. The lowest BCUT2D eigenvalue weighted by molar-refractivity contribution is 0.0839. The fraction of sp³-hybridized carbons (Fsp3) is 0.636. The molecule has 4 N–H and O–H groups in total. The van der Waals surface area contributed by atoms with E-state index in [4.69, 9.17) is 5.73 Å². The molecule has 1 aromatic rings. The molecular formula is C11H18N4O3. The number of hydrogen-bond acceptors (Lipinski definition) is 5. The van der Waals surface area contributed by atoms with Gasteiger partial charge in [-0.15, -0.1) is 0 Å². The van der Waals surface area contributed by atoms with E-state index in [9.17, 15) is 14.7 Å². The van der Waals surface area contributed by atoms with Crippen LogP contribution >= 0.6 is 0 Å². The van der Waals surface area contributed by atoms with Crippen molar-refractivity contribution in [3.63, 3.8) is 0 Å². The highest BCUT2D eigenvalue weighted by Gasteiger charge is 2.34. The van der Waals surface area contributed by atoms with Gasteiger partial charge in [0.15, 0.2) is 0 Å². The number of aliphatic hydroxyl groups is 1. The van der Waals surface area contributed by atoms with Crippen molar-refractivity contribution in [2.45, 2.75) is 32.4 Å². The van der Waals surface area contributed by atoms with E-state index in [1.54, 1.807) is 18.7 Å². The molecule has 0 aromatic carbocycles. The fourth-order valence-electron chi connectivity index (χ4n) is 2.33. The van der Waals surface area contributed by atoms with Gasteiger partial charge < -0.3 is 15.7 Å². The van der Waals surface area contributed by atoms with Crippen molar-refractivity contribution in [3.8, 4) is 0 Å². The zero-order valence-electron chi connectivity index (χ0n) is 10.6. The molecule has 1 aromatic heterocycles. The predicted molar refractivity (Wildman–Crippen MR) is 68.9 cm³/mol. The van der Waals surface area contributed by atoms with E-state index >= 15 is 0 Å². The average molecular weight is 254 g/mol. The summed E-state index contributed by atoms with van der Waals surface area (Å²) < 4.78 is 1.31. The molecular weight excluding hydrogens is 236 g/mol. The number of aromatic nitrogens is 2. The Bertz CT molecular complexity index is 573. The Labute approximate surface area is 104 Å². The van der Waals surface area contributed by atoms with Crippen molar-refractivity contribution >= 4 is 11.5 Å². The van der Waals surface area contributed by atoms with Crippen molar-refractivity contribution in [2.24, 2.45) is 0 Å². The Hall–Kier alpha value is -1.76. The Morgan fingerprint density at radius 3 is 2.67 bits per heavy atom. The molecule has 1 fully saturated rings. The summed E-state index contributed by atoms with van der Waals surface area (Å²) in [5.74, 6) is 0.156. The van der Waals surface area contributed by atoms with Gasteiger partial charge in [0.05, 0.1) is 5.60 Å². The number of nitrogens with zero attached hydrogens (tertiary/aromatic N) is 2. The highest BCUT2D eigenvalue weighted by molar-refractivity contribution is 5.63. The van der Waals surface area contributed by atoms with Crippen LogP contribution in [-0.4, -0.2) is 33.3 Å². The highest BCUT2D eigenvalue weighted by atomic mass is 16.3. The van der Waals surface area contributed by atoms with Gasteiger partial charge in [0.25, 0.3) is 5.56 Å². The maximum Gasteiger partial charge on any atom is 0.330 e. The van der Waals surface area contributed by atoms with Gasteiger partial charge in [-0.05, 0) is 20.3 Å². The van der Waals surface area contributed by atoms with E-state index in [1.807, 2.05) is 0 Å². The summed E-state index contributed by atoms with van der Waals surface area (Å²) in [6, 6.07) is 0. The fourth-order valence-corrected chi connectivity index (χ4v) is 2.33. The monoisotopic (exact) mass is 254 g/mol. The number of aromatic amines is 1. The summed E-state index contributed by atoms with van der Waals surface area (Å²) in [4.78, 5) is 27.4. The summed E-state index contributed by atoms with van der Waals surface area (Å²) in [6.45, 7) is 4.76. The topological polar surface area (TPSA) is 104 Å². The van der Waals surface area contributed by atoms with E-state index in [-0.39, 0.29) is 11.5 Å². The van der Waals surface area contributed by atoms with Crippen LogP contribution in [0.2, 0.25) is 0 Å². The first-order valence-electron chi connectivity index (χ1n) is 5.95. The average Bonchev–Trinajstić information content (AvgIpc) is 2.58. The van der Waals surface area contributed by atoms with E-state index in [1.165, 1.54) is 4.57 Å². The molecule has 1 atom stereocenters. The number of nitrogens with two attached hydrogens (primary N) is 1. The van der Waals surface area contributed by atoms with E-state index in [2.05, 4.69) is 4.98 Å². The van der Waals surface area contributed by atoms with Crippen LogP contribution in [0.25, 0.3) is 0 Å². The first-order valence-corrected chi connectivity index (χ1v) is 5.95. The van der Waals surface area contributed by atoms with Crippen LogP contribution in [0, 0.1) is 0 Å². The number of rotatable bonds is 2. The van der Waals surface area contributed by atoms with Gasteiger partial charge in [-0.3, -0.25) is 14.3 Å². The van der Waals surface area contributed by atoms with Crippen molar-refractivity contribution in [1.29, 1.82) is 0 Å². The van der Waals surface area contributed by atoms with E-state index in [0.29, 0.717) is 26.1 Å². The summed E-state index contributed by atoms with van der Waals surface area (Å²) >= 11 is 0. The van der Waals surface area contributed by atoms with E-state index < -0.39 is 16.9 Å². The van der Waals surface area contributed by atoms with Gasteiger partial charge in [0.2, 0.25) is 0 Å². The molecule has 0 bridgehead atoms. The Morgan fingerprint density at radius 1 is 1.50 bits per heavy atom. The number of nitrogen functional groups attached to an aromatic ring is 1. The first kappa shape index (κ1) is 12.7. The molecule has 1 unspecified atom stereocenters. The van der Waals surface area contributed by atoms with Crippen LogP contribution in [0.15, 0.2) is 9.59 Å². The molecule has 7 nitrogen and oxygen atoms in total. The summed E-state index contributed by atoms with van der Waals surface area (Å²) in [5.41, 5.74) is 4.32. The normalized spacial score (nSPS) is 23.6. The highest BCUT2D eigenvalue weighted by Crippen LogP contribution is 2.26. The molecule has 0 spiro atoms. The van der Waals surface area contributed by atoms with Gasteiger partial charge in [-0.25, -0.2) is 4.79 Å². The first-order chi connectivity index (χ1) is 8.35. The number of hydrogen-bond donors (Lipinski definition) is 3. The molecule has 0 radical (unpaired) electrons. The minimum atomic E-state index is -0.827. The molecule has 7 heteroatoms. The second kappa shape index (κ2) is 4.16. The minimum Gasteiger partial charge on any atom is -0.388 e. The molecule has 100 valence electrons. The smallest absolute Gasteiger partial charge is 0.330 e. The maximum atomic E-state index is 11.9. The zero-order chi connectivity index (χ0) is 13.5. The molecule has 2 rings (SSSR count). The van der Waals surface area contributed by atoms with Crippen molar-refractivity contribution in [1.82, 2.24) is 9.55 Å². The van der Waals surface area contributed by atoms with Crippen LogP contribution in [-0.2, 0) is 6.54 Å². The predicted octanol–water partition coefficient (Wildman–Crippen LogP) is -0.900. The van der Waals surface area contributed by atoms with Crippen LogP contribution < -0.4 is 21.9 Å². The molecule has 18 heavy (non-hydrogen) atoms. The quantitative estimate of drug-likeness (QED) is 0.634. The van der Waals surface area contributed by atoms with Gasteiger partial charge in [-0.1, -0.05) is 0 Å². The Morgan fingerprint density at radius 2 is 2.17 bits per heavy atom. The third-order valence-corrected chi connectivity index (χ3v) is 3.30. The largest absolute Gasteiger partial charge is 0.388 e. The lowest BCUT2D eigenvalue weighted by atomic mass is 10.1.